The summed E-state index contributed by atoms with van der Waals surface area (Å²) in [5.41, 5.74) is 1.47. The molecule has 1 aliphatic carbocycles. The van der Waals surface area contributed by atoms with Gasteiger partial charge < -0.3 is 15.2 Å². The lowest BCUT2D eigenvalue weighted by Crippen LogP contribution is -2.32. The molecule has 0 saturated heterocycles. The zero-order chi connectivity index (χ0) is 17.2. The van der Waals surface area contributed by atoms with Gasteiger partial charge in [-0.15, -0.1) is 0 Å². The third kappa shape index (κ3) is 3.11. The topological polar surface area (TPSA) is 75.6 Å². The van der Waals surface area contributed by atoms with E-state index in [2.05, 4.69) is 5.32 Å². The van der Waals surface area contributed by atoms with Crippen LogP contribution in [-0.4, -0.2) is 30.6 Å². The van der Waals surface area contributed by atoms with E-state index in [0.717, 1.165) is 24.2 Å². The zero-order valence-electron chi connectivity index (χ0n) is 13.4. The predicted octanol–water partition coefficient (Wildman–Crippen LogP) is 2.86. The molecule has 0 radical (unpaired) electrons. The lowest BCUT2D eigenvalue weighted by atomic mass is 9.94. The van der Waals surface area contributed by atoms with Crippen molar-refractivity contribution in [2.75, 3.05) is 13.7 Å². The first-order valence-electron chi connectivity index (χ1n) is 7.81. The van der Waals surface area contributed by atoms with Gasteiger partial charge in [-0.05, 0) is 37.1 Å². The van der Waals surface area contributed by atoms with Crippen molar-refractivity contribution in [3.63, 3.8) is 0 Å². The van der Waals surface area contributed by atoms with Crippen LogP contribution in [0.3, 0.4) is 0 Å². The molecule has 2 aromatic rings. The molecule has 2 aromatic carbocycles. The molecule has 2 N–H and O–H groups in total. The highest BCUT2D eigenvalue weighted by atomic mass is 16.5. The molecular formula is C19H19NO4. The van der Waals surface area contributed by atoms with Crippen LogP contribution in [0.4, 0.5) is 0 Å². The smallest absolute Gasteiger partial charge is 0.335 e. The maximum absolute atomic E-state index is 12.3. The average Bonchev–Trinajstić information content (AvgIpc) is 3.40. The lowest BCUT2D eigenvalue weighted by Gasteiger charge is -2.19. The van der Waals surface area contributed by atoms with E-state index in [0.29, 0.717) is 12.1 Å². The highest BCUT2D eigenvalue weighted by Gasteiger charge is 2.46. The Morgan fingerprint density at radius 2 is 1.83 bits per heavy atom. The Hall–Kier alpha value is -2.82. The van der Waals surface area contributed by atoms with Crippen molar-refractivity contribution < 1.29 is 19.4 Å². The molecule has 1 aliphatic rings. The van der Waals surface area contributed by atoms with Crippen molar-refractivity contribution in [1.29, 1.82) is 0 Å². The van der Waals surface area contributed by atoms with E-state index < -0.39 is 5.97 Å². The Kier molecular flexibility index (Phi) is 4.25. The number of benzene rings is 2. The number of para-hydroxylation sites is 1. The first-order chi connectivity index (χ1) is 11.6. The fourth-order valence-electron chi connectivity index (χ4n) is 2.92. The normalized spacial score (nSPS) is 14.7. The minimum atomic E-state index is -1.04. The van der Waals surface area contributed by atoms with Crippen LogP contribution in [-0.2, 0) is 5.41 Å². The Morgan fingerprint density at radius 1 is 1.12 bits per heavy atom. The van der Waals surface area contributed by atoms with Gasteiger partial charge in [-0.1, -0.05) is 24.3 Å². The van der Waals surface area contributed by atoms with Gasteiger partial charge in [0.25, 0.3) is 5.91 Å². The first kappa shape index (κ1) is 16.1. The number of aromatic carboxylic acids is 1. The molecule has 0 unspecified atom stereocenters. The predicted molar refractivity (Wildman–Crippen MR) is 89.6 cm³/mol. The molecule has 0 aromatic heterocycles. The van der Waals surface area contributed by atoms with E-state index in [1.807, 2.05) is 24.3 Å². The Bertz CT molecular complexity index is 780. The molecule has 5 nitrogen and oxygen atoms in total. The maximum Gasteiger partial charge on any atom is 0.335 e. The fourth-order valence-corrected chi connectivity index (χ4v) is 2.92. The minimum absolute atomic E-state index is 0.0906. The molecule has 3 rings (SSSR count). The number of carbonyl (C=O) groups is 2. The highest BCUT2D eigenvalue weighted by Crippen LogP contribution is 2.50. The van der Waals surface area contributed by atoms with Crippen molar-refractivity contribution in [1.82, 2.24) is 5.32 Å². The van der Waals surface area contributed by atoms with Gasteiger partial charge in [0.15, 0.2) is 0 Å². The summed E-state index contributed by atoms with van der Waals surface area (Å²) in [6.07, 6.45) is 1.98. The number of amides is 1. The van der Waals surface area contributed by atoms with E-state index in [4.69, 9.17) is 9.84 Å². The number of hydrogen-bond acceptors (Lipinski definition) is 3. The summed E-state index contributed by atoms with van der Waals surface area (Å²) in [6, 6.07) is 13.9. The first-order valence-corrected chi connectivity index (χ1v) is 7.81. The van der Waals surface area contributed by atoms with Gasteiger partial charge in [-0.2, -0.15) is 0 Å². The van der Waals surface area contributed by atoms with Crippen molar-refractivity contribution >= 4 is 11.9 Å². The van der Waals surface area contributed by atoms with E-state index in [-0.39, 0.29) is 16.9 Å². The summed E-state index contributed by atoms with van der Waals surface area (Å²) in [5.74, 6) is -0.478. The maximum atomic E-state index is 12.3. The van der Waals surface area contributed by atoms with E-state index in [9.17, 15) is 9.59 Å². The third-order valence-corrected chi connectivity index (χ3v) is 4.49. The Labute approximate surface area is 140 Å². The molecule has 0 bridgehead atoms. The number of carboxylic acid groups (broad SMARTS) is 1. The average molecular weight is 325 g/mol. The molecule has 0 atom stereocenters. The van der Waals surface area contributed by atoms with Gasteiger partial charge in [0.2, 0.25) is 0 Å². The molecule has 1 saturated carbocycles. The molecule has 5 heteroatoms. The van der Waals surface area contributed by atoms with Crippen molar-refractivity contribution in [3.8, 4) is 5.75 Å². The summed E-state index contributed by atoms with van der Waals surface area (Å²) in [7, 11) is 1.64. The van der Waals surface area contributed by atoms with Crippen LogP contribution >= 0.6 is 0 Å². The van der Waals surface area contributed by atoms with Crippen LogP contribution in [0.25, 0.3) is 0 Å². The summed E-state index contributed by atoms with van der Waals surface area (Å²) in [6.45, 7) is 0.503. The van der Waals surface area contributed by atoms with E-state index in [1.165, 1.54) is 12.1 Å². The van der Waals surface area contributed by atoms with Crippen LogP contribution < -0.4 is 10.1 Å². The molecular weight excluding hydrogens is 306 g/mol. The monoisotopic (exact) mass is 325 g/mol. The molecule has 124 valence electrons. The van der Waals surface area contributed by atoms with Crippen LogP contribution in [0.2, 0.25) is 0 Å². The van der Waals surface area contributed by atoms with Gasteiger partial charge >= 0.3 is 5.97 Å². The SMILES string of the molecule is COc1ccccc1C1(CNC(=O)c2cccc(C(=O)O)c2)CC1. The summed E-state index contributed by atoms with van der Waals surface area (Å²) in [4.78, 5) is 23.4. The minimum Gasteiger partial charge on any atom is -0.496 e. The Morgan fingerprint density at radius 3 is 2.50 bits per heavy atom. The van der Waals surface area contributed by atoms with Crippen molar-refractivity contribution in [2.45, 2.75) is 18.3 Å². The standard InChI is InChI=1S/C19H19NO4/c1-24-16-8-3-2-7-15(16)19(9-10-19)12-20-17(21)13-5-4-6-14(11-13)18(22)23/h2-8,11H,9-10,12H2,1H3,(H,20,21)(H,22,23). The van der Waals surface area contributed by atoms with Crippen LogP contribution in [0.1, 0.15) is 39.1 Å². The van der Waals surface area contributed by atoms with Crippen LogP contribution in [0.15, 0.2) is 48.5 Å². The van der Waals surface area contributed by atoms with E-state index >= 15 is 0 Å². The van der Waals surface area contributed by atoms with E-state index in [1.54, 1.807) is 19.2 Å². The second-order valence-electron chi connectivity index (χ2n) is 6.05. The molecule has 0 aliphatic heterocycles. The summed E-state index contributed by atoms with van der Waals surface area (Å²) >= 11 is 0. The van der Waals surface area contributed by atoms with Crippen LogP contribution in [0.5, 0.6) is 5.75 Å². The molecule has 0 spiro atoms. The van der Waals surface area contributed by atoms with Gasteiger partial charge in [0.05, 0.1) is 12.7 Å². The highest BCUT2D eigenvalue weighted by molar-refractivity contribution is 5.97. The number of carbonyl (C=O) groups excluding carboxylic acids is 1. The number of hydrogen-bond donors (Lipinski definition) is 2. The summed E-state index contributed by atoms with van der Waals surface area (Å²) < 4.78 is 5.43. The number of rotatable bonds is 6. The third-order valence-electron chi connectivity index (χ3n) is 4.49. The molecule has 1 fully saturated rings. The lowest BCUT2D eigenvalue weighted by molar-refractivity contribution is 0.0697. The fraction of sp³-hybridized carbons (Fsp3) is 0.263. The van der Waals surface area contributed by atoms with Gasteiger partial charge in [-0.25, -0.2) is 4.79 Å². The second-order valence-corrected chi connectivity index (χ2v) is 6.05. The molecule has 24 heavy (non-hydrogen) atoms. The van der Waals surface area contributed by atoms with Crippen LogP contribution in [0, 0.1) is 0 Å². The van der Waals surface area contributed by atoms with Crippen molar-refractivity contribution in [3.05, 3.63) is 65.2 Å². The number of carboxylic acids is 1. The second kappa shape index (κ2) is 6.35. The zero-order valence-corrected chi connectivity index (χ0v) is 13.4. The van der Waals surface area contributed by atoms with Gasteiger partial charge in [0, 0.05) is 23.1 Å². The Balaban J connectivity index is 1.72. The van der Waals surface area contributed by atoms with Crippen molar-refractivity contribution in [2.24, 2.45) is 0 Å². The largest absolute Gasteiger partial charge is 0.496 e. The number of ether oxygens (including phenoxy) is 1. The quantitative estimate of drug-likeness (QED) is 0.856. The molecule has 1 amide bonds. The molecule has 0 heterocycles. The van der Waals surface area contributed by atoms with Gasteiger partial charge in [0.1, 0.15) is 5.75 Å². The van der Waals surface area contributed by atoms with Gasteiger partial charge in [-0.3, -0.25) is 4.79 Å². The number of methoxy groups -OCH3 is 1. The summed E-state index contributed by atoms with van der Waals surface area (Å²) in [5, 5.41) is 12.0. The number of nitrogens with one attached hydrogen (secondary N) is 1.